The first-order valence-electron chi connectivity index (χ1n) is 11.8. The molecule has 1 N–H and O–H groups in total. The molecule has 3 aromatic carbocycles. The van der Waals surface area contributed by atoms with Crippen LogP contribution in [0.2, 0.25) is 0 Å². The highest BCUT2D eigenvalue weighted by Crippen LogP contribution is 2.67. The van der Waals surface area contributed by atoms with Gasteiger partial charge in [-0.2, -0.15) is 0 Å². The average Bonchev–Trinajstić information content (AvgIpc) is 3.50. The van der Waals surface area contributed by atoms with Gasteiger partial charge in [-0.25, -0.2) is 4.79 Å². The van der Waals surface area contributed by atoms with Crippen molar-refractivity contribution in [1.82, 2.24) is 0 Å². The molecule has 4 aliphatic rings. The highest BCUT2D eigenvalue weighted by atomic mass is 16.4. The zero-order valence-electron chi connectivity index (χ0n) is 17.6. The number of carboxylic acid groups (broad SMARTS) is 1. The van der Waals surface area contributed by atoms with E-state index in [2.05, 4.69) is 42.5 Å². The van der Waals surface area contributed by atoms with Crippen molar-refractivity contribution in [3.63, 3.8) is 0 Å². The molecule has 2 bridgehead atoms. The molecule has 2 heteroatoms. The third-order valence-electron chi connectivity index (χ3n) is 8.71. The quantitative estimate of drug-likeness (QED) is 0.476. The lowest BCUT2D eigenvalue weighted by Crippen LogP contribution is -2.17. The zero-order valence-corrected chi connectivity index (χ0v) is 17.6. The fourth-order valence-electron chi connectivity index (χ4n) is 7.64. The molecule has 7 rings (SSSR count). The van der Waals surface area contributed by atoms with Crippen molar-refractivity contribution in [2.45, 2.75) is 44.4 Å². The maximum absolute atomic E-state index is 11.8. The van der Waals surface area contributed by atoms with Crippen LogP contribution in [0.3, 0.4) is 0 Å². The molecule has 2 fully saturated rings. The molecule has 0 aromatic heterocycles. The van der Waals surface area contributed by atoms with Crippen molar-refractivity contribution in [3.8, 4) is 0 Å². The predicted molar refractivity (Wildman–Crippen MR) is 124 cm³/mol. The maximum Gasteiger partial charge on any atom is 0.335 e. The molecule has 2 unspecified atom stereocenters. The first-order valence-corrected chi connectivity index (χ1v) is 11.8. The van der Waals surface area contributed by atoms with E-state index in [0.29, 0.717) is 17.4 Å². The van der Waals surface area contributed by atoms with Gasteiger partial charge in [0.15, 0.2) is 0 Å². The van der Waals surface area contributed by atoms with Gasteiger partial charge in [0.05, 0.1) is 5.56 Å². The Balaban J connectivity index is 1.56. The summed E-state index contributed by atoms with van der Waals surface area (Å²) in [5.74, 6) is 1.90. The van der Waals surface area contributed by atoms with Crippen molar-refractivity contribution in [1.29, 1.82) is 0 Å². The van der Waals surface area contributed by atoms with Gasteiger partial charge in [0.25, 0.3) is 0 Å². The summed E-state index contributed by atoms with van der Waals surface area (Å²) in [4.78, 5) is 11.8. The van der Waals surface area contributed by atoms with Crippen LogP contribution in [0, 0.1) is 17.8 Å². The predicted octanol–water partition coefficient (Wildman–Crippen LogP) is 6.93. The summed E-state index contributed by atoms with van der Waals surface area (Å²) in [6.45, 7) is 0. The van der Waals surface area contributed by atoms with E-state index < -0.39 is 5.97 Å². The monoisotopic (exact) mass is 406 g/mol. The Morgan fingerprint density at radius 2 is 1.74 bits per heavy atom. The second-order valence-electron chi connectivity index (χ2n) is 10.1. The van der Waals surface area contributed by atoms with Crippen LogP contribution in [0.4, 0.5) is 0 Å². The summed E-state index contributed by atoms with van der Waals surface area (Å²) in [5.41, 5.74) is 9.05. The highest BCUT2D eigenvalue weighted by Gasteiger charge is 2.54. The molecule has 3 aromatic rings. The Morgan fingerprint density at radius 3 is 2.61 bits per heavy atom. The van der Waals surface area contributed by atoms with Crippen LogP contribution in [-0.2, 0) is 6.42 Å². The molecule has 4 aliphatic carbocycles. The average molecular weight is 407 g/mol. The van der Waals surface area contributed by atoms with E-state index in [-0.39, 0.29) is 0 Å². The van der Waals surface area contributed by atoms with Gasteiger partial charge >= 0.3 is 5.97 Å². The molecule has 0 heterocycles. The van der Waals surface area contributed by atoms with Gasteiger partial charge in [0, 0.05) is 0 Å². The number of fused-ring (bicyclic) bond motifs is 10. The topological polar surface area (TPSA) is 37.3 Å². The van der Waals surface area contributed by atoms with E-state index in [9.17, 15) is 9.90 Å². The Kier molecular flexibility index (Phi) is 3.62. The zero-order chi connectivity index (χ0) is 20.7. The lowest BCUT2D eigenvalue weighted by molar-refractivity contribution is 0.0697. The Labute approximate surface area is 182 Å². The van der Waals surface area contributed by atoms with Gasteiger partial charge < -0.3 is 5.11 Å². The van der Waals surface area contributed by atoms with Crippen LogP contribution in [0.1, 0.15) is 70.6 Å². The molecule has 0 radical (unpaired) electrons. The lowest BCUT2D eigenvalue weighted by Gasteiger charge is -2.30. The van der Waals surface area contributed by atoms with Gasteiger partial charge in [0.2, 0.25) is 0 Å². The largest absolute Gasteiger partial charge is 0.478 e. The minimum absolute atomic E-state index is 0.429. The Hall–Kier alpha value is -2.87. The van der Waals surface area contributed by atoms with E-state index in [1.54, 1.807) is 0 Å². The molecule has 2 saturated carbocycles. The SMILES string of the molecule is O=C(O)c1ccc2c(c1)/C(=C1/CCCc3ccc4ccccc4c31)C1C2[C@@H]2CC[C@H]1C2. The number of aromatic carboxylic acids is 1. The normalized spacial score (nSPS) is 30.3. The van der Waals surface area contributed by atoms with Crippen LogP contribution >= 0.6 is 0 Å². The minimum atomic E-state index is -0.818. The second kappa shape index (κ2) is 6.32. The molecule has 154 valence electrons. The number of carbonyl (C=O) groups is 1. The molecule has 31 heavy (non-hydrogen) atoms. The highest BCUT2D eigenvalue weighted by molar-refractivity contribution is 6.05. The van der Waals surface area contributed by atoms with E-state index in [1.165, 1.54) is 69.9 Å². The fraction of sp³-hybridized carbons (Fsp3) is 0.345. The van der Waals surface area contributed by atoms with Crippen LogP contribution in [0.25, 0.3) is 21.9 Å². The molecule has 0 saturated heterocycles. The van der Waals surface area contributed by atoms with Gasteiger partial charge in [-0.1, -0.05) is 42.5 Å². The second-order valence-corrected chi connectivity index (χ2v) is 10.1. The van der Waals surface area contributed by atoms with Gasteiger partial charge in [-0.05, 0) is 119 Å². The van der Waals surface area contributed by atoms with Gasteiger partial charge in [-0.15, -0.1) is 0 Å². The van der Waals surface area contributed by atoms with E-state index in [4.69, 9.17) is 0 Å². The van der Waals surface area contributed by atoms with Crippen LogP contribution < -0.4 is 0 Å². The third-order valence-corrected chi connectivity index (χ3v) is 8.71. The third kappa shape index (κ3) is 2.36. The number of carboxylic acids is 1. The van der Waals surface area contributed by atoms with E-state index in [1.807, 2.05) is 12.1 Å². The molecule has 0 aliphatic heterocycles. The lowest BCUT2D eigenvalue weighted by atomic mass is 9.74. The molecular formula is C29H26O2. The summed E-state index contributed by atoms with van der Waals surface area (Å²) in [6.07, 6.45) is 7.46. The van der Waals surface area contributed by atoms with Crippen molar-refractivity contribution < 1.29 is 9.90 Å². The summed E-state index contributed by atoms with van der Waals surface area (Å²) >= 11 is 0. The number of aryl methyl sites for hydroxylation is 1. The number of benzene rings is 3. The van der Waals surface area contributed by atoms with Crippen molar-refractivity contribution in [3.05, 3.63) is 82.4 Å². The van der Waals surface area contributed by atoms with E-state index in [0.717, 1.165) is 24.7 Å². The molecule has 4 atom stereocenters. The van der Waals surface area contributed by atoms with Crippen LogP contribution in [0.15, 0.2) is 54.6 Å². The fourth-order valence-corrected chi connectivity index (χ4v) is 7.64. The molecule has 0 amide bonds. The Morgan fingerprint density at radius 1 is 0.903 bits per heavy atom. The van der Waals surface area contributed by atoms with Crippen LogP contribution in [-0.4, -0.2) is 11.1 Å². The van der Waals surface area contributed by atoms with Crippen molar-refractivity contribution in [2.24, 2.45) is 17.8 Å². The first kappa shape index (κ1) is 17.8. The summed E-state index contributed by atoms with van der Waals surface area (Å²) in [5, 5.41) is 12.4. The number of hydrogen-bond donors (Lipinski definition) is 1. The minimum Gasteiger partial charge on any atom is -0.478 e. The maximum atomic E-state index is 11.8. The summed E-state index contributed by atoms with van der Waals surface area (Å²) in [7, 11) is 0. The molecule has 0 spiro atoms. The summed E-state index contributed by atoms with van der Waals surface area (Å²) in [6, 6.07) is 19.4. The number of rotatable bonds is 1. The standard InChI is InChI=1S/C29H26O2/c30-29(31)20-12-13-22-24(15-20)28(27-19-11-10-18(14-19)26(22)27)23-7-3-5-17-9-8-16-4-1-2-6-21(16)25(17)23/h1-2,4,6,8-9,12-13,15,18-19,26-27H,3,5,7,10-11,14H2,(H,30,31)/b28-23+/t18-,19+,26?,27?/m1/s1. The smallest absolute Gasteiger partial charge is 0.335 e. The molecule has 2 nitrogen and oxygen atoms in total. The molecular weight excluding hydrogens is 380 g/mol. The van der Waals surface area contributed by atoms with Gasteiger partial charge in [0.1, 0.15) is 0 Å². The summed E-state index contributed by atoms with van der Waals surface area (Å²) < 4.78 is 0. The van der Waals surface area contributed by atoms with Gasteiger partial charge in [-0.3, -0.25) is 0 Å². The number of hydrogen-bond acceptors (Lipinski definition) is 1. The number of allylic oxidation sites excluding steroid dienone is 2. The van der Waals surface area contributed by atoms with Crippen molar-refractivity contribution in [2.75, 3.05) is 0 Å². The van der Waals surface area contributed by atoms with Crippen molar-refractivity contribution >= 4 is 27.9 Å². The van der Waals surface area contributed by atoms with Crippen LogP contribution in [0.5, 0.6) is 0 Å². The Bertz CT molecular complexity index is 1300. The first-order chi connectivity index (χ1) is 15.2. The van der Waals surface area contributed by atoms with E-state index >= 15 is 0 Å².